The van der Waals surface area contributed by atoms with Crippen LogP contribution in [0.5, 0.6) is 11.5 Å². The summed E-state index contributed by atoms with van der Waals surface area (Å²) < 4.78 is 60.3. The molecule has 3 aromatic rings. The fraction of sp³-hybridized carbons (Fsp3) is 0.468. The van der Waals surface area contributed by atoms with Crippen molar-refractivity contribution in [3.05, 3.63) is 136 Å². The first-order valence-corrected chi connectivity index (χ1v) is 29.1. The molecule has 0 bridgehead atoms. The van der Waals surface area contributed by atoms with E-state index in [2.05, 4.69) is 65.2 Å². The molecule has 1 atom stereocenters. The summed E-state index contributed by atoms with van der Waals surface area (Å²) in [5.41, 5.74) is 8.82. The quantitative estimate of drug-likeness (QED) is 0.0187. The summed E-state index contributed by atoms with van der Waals surface area (Å²) in [4.78, 5) is 52.6. The monoisotopic (exact) mass is 1120 g/mol. The number of phenolic OH excluding ortho intramolecular Hbond substituents is 1. The molecule has 4 amide bonds. The lowest BCUT2D eigenvalue weighted by Crippen LogP contribution is -2.51. The fourth-order valence-electron chi connectivity index (χ4n) is 10.9. The van der Waals surface area contributed by atoms with Gasteiger partial charge in [0, 0.05) is 97.7 Å². The number of hydrogen-bond donors (Lipinski definition) is 4. The SMILES string of the molecule is Cc1ccc2c(c1)C(C)(C)C(=CC=CC=CC=CC1=[N+](CCCCCC(=O)NCCN3C(=O)C=CC3=O)c3ccc(S(=O)(=O)O)cc3C1(C)C)N2CCOCCOCCOCCNC(=O)C1(C)CCc2c(C)c(O)c(C)c(C)c2O1. The van der Waals surface area contributed by atoms with Gasteiger partial charge >= 0.3 is 0 Å². The molecule has 0 aromatic heterocycles. The first-order valence-electron chi connectivity index (χ1n) is 27.7. The van der Waals surface area contributed by atoms with E-state index in [9.17, 15) is 37.3 Å². The van der Waals surface area contributed by atoms with Crippen LogP contribution in [0.4, 0.5) is 11.4 Å². The number of benzene rings is 3. The van der Waals surface area contributed by atoms with Gasteiger partial charge in [-0.2, -0.15) is 13.0 Å². The Bertz CT molecular complexity index is 3130. The summed E-state index contributed by atoms with van der Waals surface area (Å²) in [5.74, 6) is -0.139. The molecule has 3 aromatic carbocycles. The second-order valence-electron chi connectivity index (χ2n) is 22.1. The van der Waals surface area contributed by atoms with E-state index in [1.54, 1.807) is 19.1 Å². The maximum atomic E-state index is 13.2. The van der Waals surface area contributed by atoms with Gasteiger partial charge in [-0.05, 0) is 114 Å². The summed E-state index contributed by atoms with van der Waals surface area (Å²) in [6.45, 7) is 22.4. The smallest absolute Gasteiger partial charge is 0.294 e. The van der Waals surface area contributed by atoms with Crippen LogP contribution in [0.3, 0.4) is 0 Å². The summed E-state index contributed by atoms with van der Waals surface area (Å²) in [6, 6.07) is 11.3. The Morgan fingerprint density at radius 2 is 1.41 bits per heavy atom. The Kier molecular flexibility index (Phi) is 20.0. The van der Waals surface area contributed by atoms with Gasteiger partial charge in [0.1, 0.15) is 18.0 Å². The molecule has 4 heterocycles. The lowest BCUT2D eigenvalue weighted by Gasteiger charge is -2.36. The Balaban J connectivity index is 0.867. The van der Waals surface area contributed by atoms with Crippen LogP contribution < -0.4 is 20.3 Å². The van der Waals surface area contributed by atoms with Gasteiger partial charge in [-0.15, -0.1) is 0 Å². The van der Waals surface area contributed by atoms with Crippen molar-refractivity contribution in [1.29, 1.82) is 0 Å². The minimum absolute atomic E-state index is 0.119. The van der Waals surface area contributed by atoms with Gasteiger partial charge in [0.15, 0.2) is 11.3 Å². The van der Waals surface area contributed by atoms with E-state index in [1.807, 2.05) is 71.1 Å². The number of hydrogen-bond acceptors (Lipinski definition) is 12. The van der Waals surface area contributed by atoms with Gasteiger partial charge in [-0.1, -0.05) is 61.9 Å². The van der Waals surface area contributed by atoms with Gasteiger partial charge in [0.25, 0.3) is 27.8 Å². The van der Waals surface area contributed by atoms with Crippen LogP contribution in [0, 0.1) is 27.7 Å². The molecular weight excluding hydrogens is 1040 g/mol. The minimum Gasteiger partial charge on any atom is -0.507 e. The second-order valence-corrected chi connectivity index (χ2v) is 23.5. The number of anilines is 1. The molecule has 17 nitrogen and oxygen atoms in total. The number of unbranched alkanes of at least 4 members (excludes halogenated alkanes) is 2. The molecule has 4 N–H and O–H groups in total. The second kappa shape index (κ2) is 26.3. The molecule has 0 radical (unpaired) electrons. The molecular formula is C62H80N5O12S+. The largest absolute Gasteiger partial charge is 0.507 e. The van der Waals surface area contributed by atoms with Crippen LogP contribution in [0.15, 0.2) is 102 Å². The van der Waals surface area contributed by atoms with E-state index in [0.717, 1.165) is 68.3 Å². The van der Waals surface area contributed by atoms with E-state index < -0.39 is 21.1 Å². The number of amides is 4. The minimum atomic E-state index is -4.43. The molecule has 4 aliphatic rings. The van der Waals surface area contributed by atoms with Crippen LogP contribution in [-0.2, 0) is 60.8 Å². The van der Waals surface area contributed by atoms with Crippen LogP contribution in [-0.4, -0.2) is 135 Å². The zero-order chi connectivity index (χ0) is 58.0. The molecule has 0 fully saturated rings. The number of ether oxygens (including phenoxy) is 4. The third kappa shape index (κ3) is 14.1. The molecule has 0 saturated carbocycles. The van der Waals surface area contributed by atoms with Crippen LogP contribution in [0.2, 0.25) is 0 Å². The molecule has 0 aliphatic carbocycles. The summed E-state index contributed by atoms with van der Waals surface area (Å²) in [5, 5.41) is 16.2. The third-order valence-electron chi connectivity index (χ3n) is 15.7. The number of rotatable bonds is 27. The van der Waals surface area contributed by atoms with Crippen molar-refractivity contribution in [2.75, 3.05) is 77.3 Å². The normalized spacial score (nSPS) is 18.8. The Labute approximate surface area is 471 Å². The Hall–Kier alpha value is -6.70. The van der Waals surface area contributed by atoms with Gasteiger partial charge < -0.3 is 39.6 Å². The Morgan fingerprint density at radius 3 is 2.12 bits per heavy atom. The van der Waals surface area contributed by atoms with Crippen molar-refractivity contribution in [2.45, 2.75) is 122 Å². The van der Waals surface area contributed by atoms with E-state index >= 15 is 0 Å². The summed E-state index contributed by atoms with van der Waals surface area (Å²) in [6.07, 6.45) is 20.1. The van der Waals surface area contributed by atoms with Gasteiger partial charge in [-0.3, -0.25) is 28.6 Å². The topological polar surface area (TPSA) is 213 Å². The standard InChI is InChI=1S/C62H79N5O12S/c1-42-21-23-50-48(40-42)60(5,6)53(66(50)33-35-77-37-39-78-38-36-76-34-30-64-59(72)62(9)28-27-47-45(4)57(71)43(2)44(3)58(47)79-62)19-15-12-10-11-14-18-52-61(7,8)49-41-46(80(73,74)75)22-24-51(49)65(52)31-17-13-16-20-54(68)63-29-32-67-55(69)25-26-56(67)70/h10-12,14-15,18-19,21-26,40-41H,13,16-17,20,27-39H2,1-9H3,(H3-,63,64,68,71,72,73,74,75)/p+1. The predicted molar refractivity (Wildman–Crippen MR) is 309 cm³/mol. The van der Waals surface area contributed by atoms with Crippen molar-refractivity contribution in [3.63, 3.8) is 0 Å². The maximum Gasteiger partial charge on any atom is 0.294 e. The number of phenols is 1. The van der Waals surface area contributed by atoms with Crippen LogP contribution >= 0.6 is 0 Å². The van der Waals surface area contributed by atoms with Crippen molar-refractivity contribution in [1.82, 2.24) is 15.5 Å². The average Bonchev–Trinajstić information content (AvgIpc) is 3.99. The molecule has 4 aliphatic heterocycles. The number of aryl methyl sites for hydroxylation is 1. The zero-order valence-electron chi connectivity index (χ0n) is 47.9. The van der Waals surface area contributed by atoms with Crippen LogP contribution in [0.1, 0.15) is 106 Å². The lowest BCUT2D eigenvalue weighted by atomic mass is 9.81. The number of nitrogens with zero attached hydrogens (tertiary/aromatic N) is 3. The van der Waals surface area contributed by atoms with E-state index in [4.69, 9.17) is 18.9 Å². The van der Waals surface area contributed by atoms with Crippen LogP contribution in [0.25, 0.3) is 0 Å². The molecule has 7 rings (SSSR count). The fourth-order valence-corrected chi connectivity index (χ4v) is 11.4. The molecule has 0 spiro atoms. The highest BCUT2D eigenvalue weighted by atomic mass is 32.2. The van der Waals surface area contributed by atoms with Crippen molar-refractivity contribution in [3.8, 4) is 11.5 Å². The van der Waals surface area contributed by atoms with E-state index in [0.29, 0.717) is 90.7 Å². The third-order valence-corrected chi connectivity index (χ3v) is 16.6. The lowest BCUT2D eigenvalue weighted by molar-refractivity contribution is -0.438. The number of imide groups is 1. The van der Waals surface area contributed by atoms with Crippen molar-refractivity contribution >= 4 is 50.8 Å². The molecule has 1 unspecified atom stereocenters. The maximum absolute atomic E-state index is 13.2. The van der Waals surface area contributed by atoms with Crippen molar-refractivity contribution < 1.29 is 60.8 Å². The number of fused-ring (bicyclic) bond motifs is 3. The highest BCUT2D eigenvalue weighted by Gasteiger charge is 2.45. The predicted octanol–water partition coefficient (Wildman–Crippen LogP) is 8.15. The number of allylic oxidation sites excluding steroid dienone is 8. The first-order chi connectivity index (χ1) is 38.0. The molecule has 0 saturated heterocycles. The van der Waals surface area contributed by atoms with Crippen molar-refractivity contribution in [2.24, 2.45) is 0 Å². The van der Waals surface area contributed by atoms with E-state index in [1.165, 1.54) is 29.3 Å². The number of carbonyl (C=O) groups excluding carboxylic acids is 4. The first kappa shape index (κ1) is 60.9. The number of aromatic hydroxyl groups is 1. The zero-order valence-corrected chi connectivity index (χ0v) is 48.7. The molecule has 430 valence electrons. The van der Waals surface area contributed by atoms with E-state index in [-0.39, 0.29) is 52.8 Å². The average molecular weight is 1120 g/mol. The summed E-state index contributed by atoms with van der Waals surface area (Å²) in [7, 11) is -4.43. The summed E-state index contributed by atoms with van der Waals surface area (Å²) >= 11 is 0. The highest BCUT2D eigenvalue weighted by Crippen LogP contribution is 2.48. The molecule has 18 heteroatoms. The highest BCUT2D eigenvalue weighted by molar-refractivity contribution is 7.85. The number of carbonyl (C=O) groups is 4. The number of nitrogens with one attached hydrogen (secondary N) is 2. The van der Waals surface area contributed by atoms with Gasteiger partial charge in [-0.25, -0.2) is 0 Å². The van der Waals surface area contributed by atoms with Gasteiger partial charge in [0.05, 0.1) is 50.0 Å². The molecule has 80 heavy (non-hydrogen) atoms. The Morgan fingerprint density at radius 1 is 0.738 bits per heavy atom. The van der Waals surface area contributed by atoms with Gasteiger partial charge in [0.2, 0.25) is 11.6 Å².